The smallest absolute Gasteiger partial charge is 0.328 e. The average molecular weight is 274 g/mol. The number of carboxylic acids is 1. The molecule has 0 saturated carbocycles. The fourth-order valence-corrected chi connectivity index (χ4v) is 1.95. The van der Waals surface area contributed by atoms with Crippen LogP contribution in [0.5, 0.6) is 0 Å². The molecule has 0 fully saturated rings. The highest BCUT2D eigenvalue weighted by atomic mass is 19.1. The van der Waals surface area contributed by atoms with Gasteiger partial charge in [-0.1, -0.05) is 13.0 Å². The van der Waals surface area contributed by atoms with Gasteiger partial charge in [-0.15, -0.1) is 0 Å². The number of rotatable bonds is 5. The fraction of sp³-hybridized carbons (Fsp3) is 0.200. The summed E-state index contributed by atoms with van der Waals surface area (Å²) in [7, 11) is 0. The maximum Gasteiger partial charge on any atom is 0.328 e. The van der Waals surface area contributed by atoms with E-state index in [1.807, 2.05) is 6.92 Å². The second kappa shape index (κ2) is 6.14. The molecule has 0 bridgehead atoms. The molecule has 104 valence electrons. The summed E-state index contributed by atoms with van der Waals surface area (Å²) < 4.78 is 15.8. The minimum Gasteiger partial charge on any atom is -0.478 e. The Bertz CT molecular complexity index is 647. The summed E-state index contributed by atoms with van der Waals surface area (Å²) in [5.74, 6) is -0.664. The SMILES string of the molecule is CCCc1nccn1-c1ccc(C=CC(=O)O)cc1F. The van der Waals surface area contributed by atoms with E-state index in [4.69, 9.17) is 5.11 Å². The van der Waals surface area contributed by atoms with Gasteiger partial charge in [0.25, 0.3) is 0 Å². The molecular weight excluding hydrogens is 259 g/mol. The van der Waals surface area contributed by atoms with Gasteiger partial charge in [-0.25, -0.2) is 14.2 Å². The van der Waals surface area contributed by atoms with Crippen LogP contribution in [0.3, 0.4) is 0 Å². The highest BCUT2D eigenvalue weighted by Gasteiger charge is 2.09. The first-order valence-electron chi connectivity index (χ1n) is 6.35. The number of hydrogen-bond donors (Lipinski definition) is 1. The van der Waals surface area contributed by atoms with Crippen molar-refractivity contribution >= 4 is 12.0 Å². The second-order valence-corrected chi connectivity index (χ2v) is 4.35. The van der Waals surface area contributed by atoms with E-state index in [1.165, 1.54) is 12.1 Å². The van der Waals surface area contributed by atoms with Crippen LogP contribution in [0, 0.1) is 5.82 Å². The van der Waals surface area contributed by atoms with E-state index in [0.29, 0.717) is 11.3 Å². The molecule has 0 spiro atoms. The Morgan fingerprint density at radius 1 is 1.50 bits per heavy atom. The monoisotopic (exact) mass is 274 g/mol. The molecule has 0 unspecified atom stereocenters. The maximum absolute atomic E-state index is 14.1. The number of nitrogens with zero attached hydrogens (tertiary/aromatic N) is 2. The number of hydrogen-bond acceptors (Lipinski definition) is 2. The van der Waals surface area contributed by atoms with Crippen LogP contribution in [0.4, 0.5) is 4.39 Å². The molecule has 2 aromatic rings. The predicted octanol–water partition coefficient (Wildman–Crippen LogP) is 3.06. The van der Waals surface area contributed by atoms with Gasteiger partial charge in [0.15, 0.2) is 0 Å². The van der Waals surface area contributed by atoms with Gasteiger partial charge >= 0.3 is 5.97 Å². The molecule has 0 aliphatic heterocycles. The molecule has 1 aromatic heterocycles. The van der Waals surface area contributed by atoms with Crippen LogP contribution in [0.15, 0.2) is 36.7 Å². The van der Waals surface area contributed by atoms with Crippen molar-refractivity contribution in [2.75, 3.05) is 0 Å². The first-order valence-corrected chi connectivity index (χ1v) is 6.35. The van der Waals surface area contributed by atoms with Gasteiger partial charge in [-0.3, -0.25) is 0 Å². The fourth-order valence-electron chi connectivity index (χ4n) is 1.95. The van der Waals surface area contributed by atoms with Crippen molar-refractivity contribution in [2.45, 2.75) is 19.8 Å². The number of imidazole rings is 1. The van der Waals surface area contributed by atoms with E-state index in [0.717, 1.165) is 24.7 Å². The van der Waals surface area contributed by atoms with Crippen molar-refractivity contribution in [2.24, 2.45) is 0 Å². The minimum atomic E-state index is -1.06. The summed E-state index contributed by atoms with van der Waals surface area (Å²) in [5.41, 5.74) is 0.921. The summed E-state index contributed by atoms with van der Waals surface area (Å²) in [4.78, 5) is 14.6. The van der Waals surface area contributed by atoms with Crippen molar-refractivity contribution < 1.29 is 14.3 Å². The van der Waals surface area contributed by atoms with Crippen LogP contribution < -0.4 is 0 Å². The van der Waals surface area contributed by atoms with Gasteiger partial charge in [0.2, 0.25) is 0 Å². The molecule has 0 saturated heterocycles. The summed E-state index contributed by atoms with van der Waals surface area (Å²) in [5, 5.41) is 8.55. The van der Waals surface area contributed by atoms with Gasteiger partial charge in [0, 0.05) is 24.9 Å². The number of halogens is 1. The topological polar surface area (TPSA) is 55.1 Å². The third kappa shape index (κ3) is 3.12. The summed E-state index contributed by atoms with van der Waals surface area (Å²) in [6.07, 6.45) is 7.40. The molecule has 0 radical (unpaired) electrons. The lowest BCUT2D eigenvalue weighted by Gasteiger charge is -2.09. The molecule has 0 amide bonds. The van der Waals surface area contributed by atoms with Crippen molar-refractivity contribution in [1.82, 2.24) is 9.55 Å². The zero-order valence-electron chi connectivity index (χ0n) is 11.1. The van der Waals surface area contributed by atoms with Crippen molar-refractivity contribution in [3.63, 3.8) is 0 Å². The molecule has 2 rings (SSSR count). The van der Waals surface area contributed by atoms with E-state index in [-0.39, 0.29) is 0 Å². The van der Waals surface area contributed by atoms with Crippen LogP contribution in [0.1, 0.15) is 24.7 Å². The first kappa shape index (κ1) is 14.0. The van der Waals surface area contributed by atoms with Crippen molar-refractivity contribution in [3.8, 4) is 5.69 Å². The number of aromatic nitrogens is 2. The number of carboxylic acid groups (broad SMARTS) is 1. The Morgan fingerprint density at radius 2 is 2.30 bits per heavy atom. The van der Waals surface area contributed by atoms with Gasteiger partial charge in [-0.2, -0.15) is 0 Å². The Hall–Kier alpha value is -2.43. The number of aliphatic carboxylic acids is 1. The van der Waals surface area contributed by atoms with Gasteiger partial charge in [-0.05, 0) is 30.2 Å². The maximum atomic E-state index is 14.1. The average Bonchev–Trinajstić information content (AvgIpc) is 2.85. The highest BCUT2D eigenvalue weighted by molar-refractivity contribution is 5.85. The Kier molecular flexibility index (Phi) is 4.30. The molecule has 0 aliphatic rings. The van der Waals surface area contributed by atoms with Crippen LogP contribution in [-0.4, -0.2) is 20.6 Å². The lowest BCUT2D eigenvalue weighted by atomic mass is 10.1. The number of benzene rings is 1. The van der Waals surface area contributed by atoms with Crippen molar-refractivity contribution in [1.29, 1.82) is 0 Å². The van der Waals surface area contributed by atoms with E-state index in [9.17, 15) is 9.18 Å². The van der Waals surface area contributed by atoms with Crippen LogP contribution >= 0.6 is 0 Å². The minimum absolute atomic E-state index is 0.409. The zero-order chi connectivity index (χ0) is 14.5. The molecule has 20 heavy (non-hydrogen) atoms. The largest absolute Gasteiger partial charge is 0.478 e. The second-order valence-electron chi connectivity index (χ2n) is 4.35. The lowest BCUT2D eigenvalue weighted by molar-refractivity contribution is -0.131. The molecule has 0 atom stereocenters. The molecule has 5 heteroatoms. The van der Waals surface area contributed by atoms with E-state index in [1.54, 1.807) is 29.1 Å². The van der Waals surface area contributed by atoms with E-state index >= 15 is 0 Å². The molecule has 0 aliphatic carbocycles. The Balaban J connectivity index is 2.34. The summed E-state index contributed by atoms with van der Waals surface area (Å²) in [6.45, 7) is 2.04. The van der Waals surface area contributed by atoms with Crippen LogP contribution in [-0.2, 0) is 11.2 Å². The molecular formula is C15H15FN2O2. The van der Waals surface area contributed by atoms with Crippen molar-refractivity contribution in [3.05, 3.63) is 53.9 Å². The van der Waals surface area contributed by atoms with Gasteiger partial charge in [0.1, 0.15) is 11.6 Å². The van der Waals surface area contributed by atoms with Gasteiger partial charge < -0.3 is 9.67 Å². The normalized spacial score (nSPS) is 11.1. The number of aryl methyl sites for hydroxylation is 1. The molecule has 1 N–H and O–H groups in total. The third-order valence-corrected chi connectivity index (χ3v) is 2.84. The molecule has 1 aromatic carbocycles. The molecule has 4 nitrogen and oxygen atoms in total. The van der Waals surface area contributed by atoms with E-state index < -0.39 is 11.8 Å². The van der Waals surface area contributed by atoms with Crippen LogP contribution in [0.2, 0.25) is 0 Å². The quantitative estimate of drug-likeness (QED) is 0.852. The lowest BCUT2D eigenvalue weighted by Crippen LogP contribution is -2.02. The Labute approximate surface area is 116 Å². The first-order chi connectivity index (χ1) is 9.61. The predicted molar refractivity (Wildman–Crippen MR) is 74.2 cm³/mol. The van der Waals surface area contributed by atoms with Gasteiger partial charge in [0.05, 0.1) is 5.69 Å². The molecule has 1 heterocycles. The van der Waals surface area contributed by atoms with Crippen LogP contribution in [0.25, 0.3) is 11.8 Å². The summed E-state index contributed by atoms with van der Waals surface area (Å²) >= 11 is 0. The summed E-state index contributed by atoms with van der Waals surface area (Å²) in [6, 6.07) is 4.61. The number of carbonyl (C=O) groups is 1. The Morgan fingerprint density at radius 3 is 2.95 bits per heavy atom. The van der Waals surface area contributed by atoms with E-state index in [2.05, 4.69) is 4.98 Å². The highest BCUT2D eigenvalue weighted by Crippen LogP contribution is 2.18. The zero-order valence-corrected chi connectivity index (χ0v) is 11.1. The third-order valence-electron chi connectivity index (χ3n) is 2.84. The standard InChI is InChI=1S/C15H15FN2O2/c1-2-3-14-17-8-9-18(14)13-6-4-11(10-12(13)16)5-7-15(19)20/h4-10H,2-3H2,1H3,(H,19,20).